The lowest BCUT2D eigenvalue weighted by Crippen LogP contribution is -2.26. The van der Waals surface area contributed by atoms with Crippen LogP contribution in [0.5, 0.6) is 5.75 Å². The third-order valence-corrected chi connectivity index (χ3v) is 6.28. The average molecular weight is 376 g/mol. The van der Waals surface area contributed by atoms with Gasteiger partial charge in [0.1, 0.15) is 5.75 Å². The molecule has 0 aliphatic carbocycles. The molecule has 142 valence electrons. The van der Waals surface area contributed by atoms with Crippen LogP contribution >= 0.6 is 0 Å². The maximum Gasteiger partial charge on any atom is 0.241 e. The summed E-state index contributed by atoms with van der Waals surface area (Å²) in [5.74, 6) is 1.19. The Kier molecular flexibility index (Phi) is 6.84. The predicted molar refractivity (Wildman–Crippen MR) is 107 cm³/mol. The quantitative estimate of drug-likeness (QED) is 0.698. The zero-order chi connectivity index (χ0) is 19.3. The van der Waals surface area contributed by atoms with Crippen LogP contribution in [0, 0.1) is 13.8 Å². The SMILES string of the molecule is COc1cc(C)c(S(=O)(=O)NCCCc2ccc(C(C)C)cc2)c(C)c1. The van der Waals surface area contributed by atoms with Crippen LogP contribution in [-0.4, -0.2) is 22.1 Å². The zero-order valence-electron chi connectivity index (χ0n) is 16.3. The van der Waals surface area contributed by atoms with Gasteiger partial charge < -0.3 is 4.74 Å². The Labute approximate surface area is 157 Å². The Hall–Kier alpha value is -1.85. The fourth-order valence-electron chi connectivity index (χ4n) is 3.09. The largest absolute Gasteiger partial charge is 0.497 e. The van der Waals surface area contributed by atoms with Gasteiger partial charge in [0.2, 0.25) is 10.0 Å². The summed E-state index contributed by atoms with van der Waals surface area (Å²) in [6.45, 7) is 8.35. The highest BCUT2D eigenvalue weighted by Gasteiger charge is 2.19. The summed E-state index contributed by atoms with van der Waals surface area (Å²) in [6, 6.07) is 12.0. The normalized spacial score (nSPS) is 11.8. The fraction of sp³-hybridized carbons (Fsp3) is 0.429. The molecule has 0 unspecified atom stereocenters. The molecule has 0 aliphatic rings. The minimum absolute atomic E-state index is 0.347. The lowest BCUT2D eigenvalue weighted by atomic mass is 10.0. The van der Waals surface area contributed by atoms with Crippen LogP contribution < -0.4 is 9.46 Å². The van der Waals surface area contributed by atoms with E-state index in [1.807, 2.05) is 0 Å². The van der Waals surface area contributed by atoms with Gasteiger partial charge in [0, 0.05) is 6.54 Å². The standard InChI is InChI=1S/C21H29NO3S/c1-15(2)19-10-8-18(9-11-19)7-6-12-22-26(23,24)21-16(3)13-20(25-5)14-17(21)4/h8-11,13-15,22H,6-7,12H2,1-5H3. The molecule has 0 spiro atoms. The first-order valence-electron chi connectivity index (χ1n) is 8.98. The van der Waals surface area contributed by atoms with E-state index < -0.39 is 10.0 Å². The Morgan fingerprint density at radius 1 is 1.04 bits per heavy atom. The number of nitrogens with one attached hydrogen (secondary N) is 1. The van der Waals surface area contributed by atoms with Crippen molar-refractivity contribution in [1.29, 1.82) is 0 Å². The molecule has 0 radical (unpaired) electrons. The lowest BCUT2D eigenvalue weighted by molar-refractivity contribution is 0.413. The number of rotatable bonds is 8. The molecule has 0 saturated heterocycles. The topological polar surface area (TPSA) is 55.4 Å². The predicted octanol–water partition coefficient (Wildman–Crippen LogP) is 4.35. The van der Waals surface area contributed by atoms with Crippen LogP contribution in [0.15, 0.2) is 41.3 Å². The number of hydrogen-bond acceptors (Lipinski definition) is 3. The molecule has 0 aliphatic heterocycles. The van der Waals surface area contributed by atoms with Crippen molar-refractivity contribution in [3.8, 4) is 5.75 Å². The molecule has 0 fully saturated rings. The Balaban J connectivity index is 1.96. The first-order valence-corrected chi connectivity index (χ1v) is 10.5. The molecule has 5 heteroatoms. The molecule has 4 nitrogen and oxygen atoms in total. The highest BCUT2D eigenvalue weighted by molar-refractivity contribution is 7.89. The summed E-state index contributed by atoms with van der Waals surface area (Å²) < 4.78 is 33.2. The van der Waals surface area contributed by atoms with E-state index in [-0.39, 0.29) is 0 Å². The smallest absolute Gasteiger partial charge is 0.241 e. The van der Waals surface area contributed by atoms with E-state index in [1.54, 1.807) is 33.1 Å². The molecule has 0 saturated carbocycles. The first kappa shape index (κ1) is 20.5. The number of hydrogen-bond donors (Lipinski definition) is 1. The van der Waals surface area contributed by atoms with Gasteiger partial charge >= 0.3 is 0 Å². The van der Waals surface area contributed by atoms with Crippen LogP contribution in [0.2, 0.25) is 0 Å². The molecule has 2 rings (SSSR count). The second-order valence-electron chi connectivity index (χ2n) is 6.99. The van der Waals surface area contributed by atoms with E-state index in [0.29, 0.717) is 34.2 Å². The highest BCUT2D eigenvalue weighted by Crippen LogP contribution is 2.25. The average Bonchev–Trinajstić information content (AvgIpc) is 2.58. The molecule has 1 N–H and O–H groups in total. The highest BCUT2D eigenvalue weighted by atomic mass is 32.2. The molecule has 0 bridgehead atoms. The zero-order valence-corrected chi connectivity index (χ0v) is 17.1. The Bertz CT molecular complexity index is 817. The van der Waals surface area contributed by atoms with E-state index in [4.69, 9.17) is 4.74 Å². The molecular formula is C21H29NO3S. The minimum atomic E-state index is -3.52. The molecular weight excluding hydrogens is 346 g/mol. The lowest BCUT2D eigenvalue weighted by Gasteiger charge is -2.14. The summed E-state index contributed by atoms with van der Waals surface area (Å²) >= 11 is 0. The summed E-state index contributed by atoms with van der Waals surface area (Å²) in [7, 11) is -1.95. The van der Waals surface area contributed by atoms with Gasteiger partial charge in [-0.05, 0) is 67.0 Å². The van der Waals surface area contributed by atoms with Gasteiger partial charge in [-0.2, -0.15) is 0 Å². The van der Waals surface area contributed by atoms with Gasteiger partial charge in [0.15, 0.2) is 0 Å². The number of sulfonamides is 1. The molecule has 0 heterocycles. The number of benzene rings is 2. The molecule has 26 heavy (non-hydrogen) atoms. The van der Waals surface area contributed by atoms with E-state index in [1.165, 1.54) is 11.1 Å². The van der Waals surface area contributed by atoms with Crippen molar-refractivity contribution in [2.45, 2.75) is 51.3 Å². The summed E-state index contributed by atoms with van der Waals surface area (Å²) in [6.07, 6.45) is 1.61. The number of methoxy groups -OCH3 is 1. The van der Waals surface area contributed by atoms with E-state index >= 15 is 0 Å². The van der Waals surface area contributed by atoms with E-state index in [9.17, 15) is 8.42 Å². The van der Waals surface area contributed by atoms with Crippen LogP contribution in [-0.2, 0) is 16.4 Å². The van der Waals surface area contributed by atoms with Gasteiger partial charge in [-0.25, -0.2) is 13.1 Å². The molecule has 0 aromatic heterocycles. The minimum Gasteiger partial charge on any atom is -0.497 e. The second-order valence-corrected chi connectivity index (χ2v) is 8.69. The van der Waals surface area contributed by atoms with Crippen molar-refractivity contribution in [3.05, 3.63) is 58.7 Å². The fourth-order valence-corrected chi connectivity index (χ4v) is 4.62. The number of aryl methyl sites for hydroxylation is 3. The van der Waals surface area contributed by atoms with Crippen molar-refractivity contribution < 1.29 is 13.2 Å². The van der Waals surface area contributed by atoms with Crippen molar-refractivity contribution in [2.75, 3.05) is 13.7 Å². The maximum absolute atomic E-state index is 12.7. The Morgan fingerprint density at radius 2 is 1.62 bits per heavy atom. The maximum atomic E-state index is 12.7. The van der Waals surface area contributed by atoms with Gasteiger partial charge in [-0.15, -0.1) is 0 Å². The third kappa shape index (κ3) is 5.08. The summed E-state index contributed by atoms with van der Waals surface area (Å²) in [4.78, 5) is 0.347. The number of ether oxygens (including phenoxy) is 1. The van der Waals surface area contributed by atoms with Gasteiger partial charge in [0.25, 0.3) is 0 Å². The Morgan fingerprint density at radius 3 is 2.12 bits per heavy atom. The monoisotopic (exact) mass is 375 g/mol. The van der Waals surface area contributed by atoms with E-state index in [0.717, 1.165) is 12.8 Å². The first-order chi connectivity index (χ1) is 12.2. The van der Waals surface area contributed by atoms with Gasteiger partial charge in [0.05, 0.1) is 12.0 Å². The summed E-state index contributed by atoms with van der Waals surface area (Å²) in [5, 5.41) is 0. The second kappa shape index (κ2) is 8.69. The molecule has 2 aromatic carbocycles. The van der Waals surface area contributed by atoms with Gasteiger partial charge in [-0.3, -0.25) is 0 Å². The van der Waals surface area contributed by atoms with Crippen molar-refractivity contribution in [1.82, 2.24) is 4.72 Å². The summed E-state index contributed by atoms with van der Waals surface area (Å²) in [5.41, 5.74) is 3.93. The van der Waals surface area contributed by atoms with Crippen LogP contribution in [0.3, 0.4) is 0 Å². The third-order valence-electron chi connectivity index (χ3n) is 4.52. The van der Waals surface area contributed by atoms with Crippen LogP contribution in [0.1, 0.15) is 48.4 Å². The van der Waals surface area contributed by atoms with Crippen LogP contribution in [0.4, 0.5) is 0 Å². The molecule has 0 atom stereocenters. The van der Waals surface area contributed by atoms with Crippen molar-refractivity contribution in [2.24, 2.45) is 0 Å². The van der Waals surface area contributed by atoms with E-state index in [2.05, 4.69) is 42.8 Å². The van der Waals surface area contributed by atoms with Crippen molar-refractivity contribution in [3.63, 3.8) is 0 Å². The van der Waals surface area contributed by atoms with Crippen molar-refractivity contribution >= 4 is 10.0 Å². The van der Waals surface area contributed by atoms with Crippen LogP contribution in [0.25, 0.3) is 0 Å². The molecule has 0 amide bonds. The molecule has 2 aromatic rings. The van der Waals surface area contributed by atoms with Gasteiger partial charge in [-0.1, -0.05) is 38.1 Å².